The molecule has 2 heterocycles. The van der Waals surface area contributed by atoms with Crippen LogP contribution in [0.2, 0.25) is 0 Å². The van der Waals surface area contributed by atoms with E-state index in [-0.39, 0.29) is 0 Å². The first-order chi connectivity index (χ1) is 6.57. The van der Waals surface area contributed by atoms with Crippen LogP contribution in [0.4, 0.5) is 5.82 Å². The molecule has 0 unspecified atom stereocenters. The molecule has 5 heteroatoms. The molecule has 0 aliphatic carbocycles. The fourth-order valence-electron chi connectivity index (χ4n) is 1.09. The van der Waals surface area contributed by atoms with E-state index in [0.29, 0.717) is 17.3 Å². The Balaban J connectivity index is 2.22. The van der Waals surface area contributed by atoms with Gasteiger partial charge in [0.25, 0.3) is 0 Å². The van der Waals surface area contributed by atoms with Gasteiger partial charge in [0.1, 0.15) is 17.8 Å². The van der Waals surface area contributed by atoms with E-state index < -0.39 is 5.79 Å². The molecule has 14 heavy (non-hydrogen) atoms. The zero-order chi connectivity index (χ0) is 10.2. The van der Waals surface area contributed by atoms with Crippen molar-refractivity contribution in [3.8, 4) is 0 Å². The molecule has 0 atom stereocenters. The third kappa shape index (κ3) is 1.61. The van der Waals surface area contributed by atoms with Crippen molar-refractivity contribution < 1.29 is 9.47 Å². The number of aromatic nitrogens is 2. The number of anilines is 1. The quantitative estimate of drug-likeness (QED) is 0.724. The van der Waals surface area contributed by atoms with Gasteiger partial charge in [0.2, 0.25) is 5.79 Å². The molecule has 0 saturated carbocycles. The molecule has 0 amide bonds. The van der Waals surface area contributed by atoms with E-state index in [9.17, 15) is 0 Å². The van der Waals surface area contributed by atoms with Crippen molar-refractivity contribution in [3.63, 3.8) is 0 Å². The van der Waals surface area contributed by atoms with Gasteiger partial charge in [0, 0.05) is 13.8 Å². The van der Waals surface area contributed by atoms with Gasteiger partial charge in [-0.05, 0) is 0 Å². The molecule has 1 aliphatic heterocycles. The van der Waals surface area contributed by atoms with Crippen LogP contribution in [-0.4, -0.2) is 15.8 Å². The van der Waals surface area contributed by atoms with Gasteiger partial charge in [-0.1, -0.05) is 0 Å². The second-order valence-corrected chi connectivity index (χ2v) is 3.43. The highest BCUT2D eigenvalue weighted by Gasteiger charge is 2.28. The highest BCUT2D eigenvalue weighted by Crippen LogP contribution is 2.29. The maximum Gasteiger partial charge on any atom is 0.245 e. The summed E-state index contributed by atoms with van der Waals surface area (Å²) < 4.78 is 10.7. The summed E-state index contributed by atoms with van der Waals surface area (Å²) in [6.45, 7) is 3.64. The summed E-state index contributed by atoms with van der Waals surface area (Å²) in [6.07, 6.45) is 4.55. The van der Waals surface area contributed by atoms with Crippen LogP contribution >= 0.6 is 0 Å². The number of rotatable bonds is 1. The molecule has 1 aliphatic rings. The summed E-state index contributed by atoms with van der Waals surface area (Å²) >= 11 is 0. The molecule has 0 radical (unpaired) electrons. The monoisotopic (exact) mass is 193 g/mol. The molecular weight excluding hydrogens is 182 g/mol. The molecule has 2 N–H and O–H groups in total. The van der Waals surface area contributed by atoms with Gasteiger partial charge in [0.15, 0.2) is 5.76 Å². The standard InChI is InChI=1S/C9H11N3O2/c1-9(2)13-5-7(14-9)6-3-12-8(10)4-11-6/h3-5H,1-2H3,(H2,10,12). The summed E-state index contributed by atoms with van der Waals surface area (Å²) in [7, 11) is 0. The van der Waals surface area contributed by atoms with Gasteiger partial charge in [0.05, 0.1) is 12.4 Å². The van der Waals surface area contributed by atoms with E-state index in [2.05, 4.69) is 9.97 Å². The van der Waals surface area contributed by atoms with Crippen LogP contribution in [0.5, 0.6) is 0 Å². The number of nitrogen functional groups attached to an aromatic ring is 1. The van der Waals surface area contributed by atoms with Gasteiger partial charge in [-0.15, -0.1) is 0 Å². The van der Waals surface area contributed by atoms with Gasteiger partial charge in [-0.2, -0.15) is 0 Å². The summed E-state index contributed by atoms with van der Waals surface area (Å²) in [6, 6.07) is 0. The average molecular weight is 193 g/mol. The molecule has 2 rings (SSSR count). The van der Waals surface area contributed by atoms with Crippen molar-refractivity contribution in [2.24, 2.45) is 0 Å². The molecule has 0 bridgehead atoms. The van der Waals surface area contributed by atoms with Gasteiger partial charge >= 0.3 is 0 Å². The van der Waals surface area contributed by atoms with Crippen LogP contribution in [0.3, 0.4) is 0 Å². The fourth-order valence-corrected chi connectivity index (χ4v) is 1.09. The average Bonchev–Trinajstić information content (AvgIpc) is 2.47. The molecule has 74 valence electrons. The van der Waals surface area contributed by atoms with Crippen LogP contribution in [0.15, 0.2) is 18.7 Å². The summed E-state index contributed by atoms with van der Waals surface area (Å²) in [5.74, 6) is 0.327. The van der Waals surface area contributed by atoms with Crippen LogP contribution in [-0.2, 0) is 9.47 Å². The molecule has 0 aromatic carbocycles. The third-order valence-corrected chi connectivity index (χ3v) is 1.73. The Bertz CT molecular complexity index is 370. The van der Waals surface area contributed by atoms with E-state index in [1.54, 1.807) is 6.20 Å². The molecular formula is C9H11N3O2. The maximum atomic E-state index is 5.47. The second kappa shape index (κ2) is 2.87. The van der Waals surface area contributed by atoms with Crippen molar-refractivity contribution in [2.75, 3.05) is 5.73 Å². The van der Waals surface area contributed by atoms with Crippen molar-refractivity contribution >= 4 is 11.6 Å². The minimum atomic E-state index is -0.627. The number of nitrogens with two attached hydrogens (primary N) is 1. The van der Waals surface area contributed by atoms with E-state index >= 15 is 0 Å². The Morgan fingerprint density at radius 2 is 2.07 bits per heavy atom. The normalized spacial score (nSPS) is 18.3. The highest BCUT2D eigenvalue weighted by molar-refractivity contribution is 5.56. The lowest BCUT2D eigenvalue weighted by Gasteiger charge is -2.17. The van der Waals surface area contributed by atoms with Crippen molar-refractivity contribution in [1.82, 2.24) is 9.97 Å². The van der Waals surface area contributed by atoms with Gasteiger partial charge in [-0.25, -0.2) is 9.97 Å². The van der Waals surface area contributed by atoms with Crippen LogP contribution < -0.4 is 5.73 Å². The maximum absolute atomic E-state index is 5.47. The molecule has 0 fully saturated rings. The van der Waals surface area contributed by atoms with Gasteiger partial charge < -0.3 is 15.2 Å². The lowest BCUT2D eigenvalue weighted by Crippen LogP contribution is -2.20. The zero-order valence-electron chi connectivity index (χ0n) is 8.02. The van der Waals surface area contributed by atoms with E-state index in [0.717, 1.165) is 0 Å². The largest absolute Gasteiger partial charge is 0.457 e. The molecule has 1 aromatic rings. The van der Waals surface area contributed by atoms with Crippen LogP contribution in [0.1, 0.15) is 19.5 Å². The Morgan fingerprint density at radius 3 is 2.57 bits per heavy atom. The predicted octanol–water partition coefficient (Wildman–Crippen LogP) is 1.14. The SMILES string of the molecule is CC1(C)OC=C(c2cnc(N)cn2)O1. The van der Waals surface area contributed by atoms with E-state index in [1.807, 2.05) is 13.8 Å². The second-order valence-electron chi connectivity index (χ2n) is 3.43. The van der Waals surface area contributed by atoms with E-state index in [4.69, 9.17) is 15.2 Å². The minimum Gasteiger partial charge on any atom is -0.457 e. The first-order valence-electron chi connectivity index (χ1n) is 4.22. The number of nitrogens with zero attached hydrogens (tertiary/aromatic N) is 2. The Kier molecular flexibility index (Phi) is 1.80. The molecule has 0 saturated heterocycles. The first kappa shape index (κ1) is 8.80. The fraction of sp³-hybridized carbons (Fsp3) is 0.333. The zero-order valence-corrected chi connectivity index (χ0v) is 8.02. The lowest BCUT2D eigenvalue weighted by molar-refractivity contribution is -0.102. The number of hydrogen-bond acceptors (Lipinski definition) is 5. The Hall–Kier alpha value is -1.78. The van der Waals surface area contributed by atoms with E-state index in [1.165, 1.54) is 12.5 Å². The van der Waals surface area contributed by atoms with Crippen LogP contribution in [0.25, 0.3) is 5.76 Å². The molecule has 1 aromatic heterocycles. The van der Waals surface area contributed by atoms with Crippen molar-refractivity contribution in [1.29, 1.82) is 0 Å². The highest BCUT2D eigenvalue weighted by atomic mass is 16.7. The number of hydrogen-bond donors (Lipinski definition) is 1. The number of ether oxygens (including phenoxy) is 2. The smallest absolute Gasteiger partial charge is 0.245 e. The Labute approximate surface area is 81.6 Å². The lowest BCUT2D eigenvalue weighted by atomic mass is 10.3. The van der Waals surface area contributed by atoms with Crippen molar-refractivity contribution in [3.05, 3.63) is 24.3 Å². The third-order valence-electron chi connectivity index (χ3n) is 1.73. The molecule has 5 nitrogen and oxygen atoms in total. The van der Waals surface area contributed by atoms with Crippen LogP contribution in [0, 0.1) is 0 Å². The Morgan fingerprint density at radius 1 is 1.29 bits per heavy atom. The van der Waals surface area contributed by atoms with Gasteiger partial charge in [-0.3, -0.25) is 0 Å². The minimum absolute atomic E-state index is 0.382. The summed E-state index contributed by atoms with van der Waals surface area (Å²) in [5, 5.41) is 0. The predicted molar refractivity (Wildman–Crippen MR) is 50.7 cm³/mol. The summed E-state index contributed by atoms with van der Waals surface area (Å²) in [4.78, 5) is 7.98. The first-order valence-corrected chi connectivity index (χ1v) is 4.22. The summed E-state index contributed by atoms with van der Waals surface area (Å²) in [5.41, 5.74) is 6.03. The molecule has 0 spiro atoms. The van der Waals surface area contributed by atoms with Crippen molar-refractivity contribution in [2.45, 2.75) is 19.6 Å². The topological polar surface area (TPSA) is 70.3 Å².